The van der Waals surface area contributed by atoms with Crippen LogP contribution in [0.1, 0.15) is 5.69 Å². The largest absolute Gasteiger partial charge is 0.367 e. The number of nitrogens with one attached hydrogen (secondary N) is 1. The molecule has 0 fully saturated rings. The lowest BCUT2D eigenvalue weighted by molar-refractivity contribution is 0.439. The van der Waals surface area contributed by atoms with E-state index in [-0.39, 0.29) is 5.88 Å². The fourth-order valence-corrected chi connectivity index (χ4v) is 1.83. The van der Waals surface area contributed by atoms with Crippen LogP contribution in [0.25, 0.3) is 22.5 Å². The number of nitrogens with zero attached hydrogens (tertiary/aromatic N) is 3. The SMILES string of the molecule is Cc1[nH]ncc1-c1noc(N)c1-c1ccccn1. The first-order valence-corrected chi connectivity index (χ1v) is 5.44. The number of hydrogen-bond acceptors (Lipinski definition) is 5. The highest BCUT2D eigenvalue weighted by Crippen LogP contribution is 2.35. The van der Waals surface area contributed by atoms with E-state index < -0.39 is 0 Å². The smallest absolute Gasteiger partial charge is 0.232 e. The Morgan fingerprint density at radius 1 is 1.33 bits per heavy atom. The van der Waals surface area contributed by atoms with Gasteiger partial charge in [0.15, 0.2) is 0 Å². The Labute approximate surface area is 103 Å². The molecule has 3 heterocycles. The summed E-state index contributed by atoms with van der Waals surface area (Å²) >= 11 is 0. The molecule has 3 aromatic rings. The molecule has 0 aliphatic heterocycles. The summed E-state index contributed by atoms with van der Waals surface area (Å²) in [6.07, 6.45) is 3.40. The number of pyridine rings is 1. The average molecular weight is 241 g/mol. The summed E-state index contributed by atoms with van der Waals surface area (Å²) in [4.78, 5) is 4.27. The van der Waals surface area contributed by atoms with Gasteiger partial charge in [0.1, 0.15) is 5.69 Å². The second-order valence-electron chi connectivity index (χ2n) is 3.89. The van der Waals surface area contributed by atoms with Crippen molar-refractivity contribution >= 4 is 5.88 Å². The number of hydrogen-bond donors (Lipinski definition) is 2. The molecule has 0 atom stereocenters. The molecule has 0 aromatic carbocycles. The molecule has 6 nitrogen and oxygen atoms in total. The average Bonchev–Trinajstić information content (AvgIpc) is 2.96. The fraction of sp³-hybridized carbons (Fsp3) is 0.0833. The van der Waals surface area contributed by atoms with Gasteiger partial charge in [-0.1, -0.05) is 11.2 Å². The third-order valence-corrected chi connectivity index (χ3v) is 2.72. The number of aryl methyl sites for hydroxylation is 1. The van der Waals surface area contributed by atoms with Crippen LogP contribution < -0.4 is 5.73 Å². The minimum absolute atomic E-state index is 0.254. The molecule has 0 amide bonds. The van der Waals surface area contributed by atoms with Crippen LogP contribution in [0.15, 0.2) is 35.1 Å². The number of anilines is 1. The molecule has 3 N–H and O–H groups in total. The molecule has 0 saturated heterocycles. The normalized spacial score (nSPS) is 10.7. The quantitative estimate of drug-likeness (QED) is 0.715. The molecular weight excluding hydrogens is 230 g/mol. The molecule has 0 aliphatic rings. The molecule has 90 valence electrons. The van der Waals surface area contributed by atoms with Crippen LogP contribution in [0.3, 0.4) is 0 Å². The predicted octanol–water partition coefficient (Wildman–Crippen LogP) is 2.02. The van der Waals surface area contributed by atoms with Crippen molar-refractivity contribution in [2.45, 2.75) is 6.92 Å². The van der Waals surface area contributed by atoms with E-state index in [1.165, 1.54) is 0 Å². The number of H-pyrrole nitrogens is 1. The Morgan fingerprint density at radius 2 is 2.22 bits per heavy atom. The van der Waals surface area contributed by atoms with Crippen molar-refractivity contribution in [2.75, 3.05) is 5.73 Å². The Hall–Kier alpha value is -2.63. The maximum atomic E-state index is 5.83. The fourth-order valence-electron chi connectivity index (χ4n) is 1.83. The van der Waals surface area contributed by atoms with Gasteiger partial charge in [-0.15, -0.1) is 0 Å². The number of rotatable bonds is 2. The summed E-state index contributed by atoms with van der Waals surface area (Å²) < 4.78 is 5.07. The third-order valence-electron chi connectivity index (χ3n) is 2.72. The molecule has 0 spiro atoms. The number of aromatic nitrogens is 4. The molecule has 0 bridgehead atoms. The molecule has 6 heteroatoms. The van der Waals surface area contributed by atoms with Gasteiger partial charge in [-0.05, 0) is 19.1 Å². The Bertz CT molecular complexity index is 671. The van der Waals surface area contributed by atoms with Gasteiger partial charge in [0.2, 0.25) is 5.88 Å². The van der Waals surface area contributed by atoms with Crippen LogP contribution in [-0.2, 0) is 0 Å². The van der Waals surface area contributed by atoms with Gasteiger partial charge < -0.3 is 10.3 Å². The van der Waals surface area contributed by atoms with Gasteiger partial charge in [-0.3, -0.25) is 10.1 Å². The number of aromatic amines is 1. The number of nitrogen functional groups attached to an aromatic ring is 1. The van der Waals surface area contributed by atoms with E-state index in [1.54, 1.807) is 12.4 Å². The van der Waals surface area contributed by atoms with E-state index in [0.717, 1.165) is 17.0 Å². The van der Waals surface area contributed by atoms with Crippen LogP contribution in [0.2, 0.25) is 0 Å². The van der Waals surface area contributed by atoms with Gasteiger partial charge in [0.25, 0.3) is 0 Å². The summed E-state index contributed by atoms with van der Waals surface area (Å²) in [5.41, 5.74) is 9.66. The first kappa shape index (κ1) is 10.5. The second-order valence-corrected chi connectivity index (χ2v) is 3.89. The topological polar surface area (TPSA) is 93.6 Å². The highest BCUT2D eigenvalue weighted by Gasteiger charge is 2.20. The van der Waals surface area contributed by atoms with Crippen LogP contribution in [0.5, 0.6) is 0 Å². The lowest BCUT2D eigenvalue weighted by atomic mass is 10.1. The van der Waals surface area contributed by atoms with E-state index in [1.807, 2.05) is 25.1 Å². The van der Waals surface area contributed by atoms with Crippen molar-refractivity contribution in [3.8, 4) is 22.5 Å². The first-order chi connectivity index (χ1) is 8.77. The minimum Gasteiger partial charge on any atom is -0.367 e. The Balaban J connectivity index is 2.22. The predicted molar refractivity (Wildman–Crippen MR) is 66.5 cm³/mol. The summed E-state index contributed by atoms with van der Waals surface area (Å²) in [6, 6.07) is 5.60. The second kappa shape index (κ2) is 3.99. The lowest BCUT2D eigenvalue weighted by Gasteiger charge is -2.00. The zero-order chi connectivity index (χ0) is 12.5. The van der Waals surface area contributed by atoms with Crippen LogP contribution >= 0.6 is 0 Å². The Kier molecular flexibility index (Phi) is 2.33. The highest BCUT2D eigenvalue weighted by molar-refractivity contribution is 5.85. The molecule has 3 aromatic heterocycles. The monoisotopic (exact) mass is 241 g/mol. The van der Waals surface area contributed by atoms with Crippen molar-refractivity contribution in [2.24, 2.45) is 0 Å². The molecule has 0 radical (unpaired) electrons. The van der Waals surface area contributed by atoms with E-state index in [2.05, 4.69) is 20.3 Å². The number of nitrogens with two attached hydrogens (primary N) is 1. The third kappa shape index (κ3) is 1.55. The van der Waals surface area contributed by atoms with Crippen LogP contribution in [0, 0.1) is 6.92 Å². The molecule has 0 unspecified atom stereocenters. The van der Waals surface area contributed by atoms with Crippen molar-refractivity contribution < 1.29 is 4.52 Å². The van der Waals surface area contributed by atoms with Gasteiger partial charge in [0.05, 0.1) is 17.5 Å². The molecule has 18 heavy (non-hydrogen) atoms. The van der Waals surface area contributed by atoms with E-state index in [9.17, 15) is 0 Å². The zero-order valence-electron chi connectivity index (χ0n) is 9.71. The maximum absolute atomic E-state index is 5.83. The molecule has 0 saturated carbocycles. The van der Waals surface area contributed by atoms with Crippen molar-refractivity contribution in [3.63, 3.8) is 0 Å². The standard InChI is InChI=1S/C12H11N5O/c1-7-8(6-15-16-7)11-10(12(13)18-17-11)9-4-2-3-5-14-9/h2-6H,13H2,1H3,(H,15,16). The first-order valence-electron chi connectivity index (χ1n) is 5.44. The van der Waals surface area contributed by atoms with E-state index in [0.29, 0.717) is 11.3 Å². The van der Waals surface area contributed by atoms with Crippen LogP contribution in [-0.4, -0.2) is 20.3 Å². The summed E-state index contributed by atoms with van der Waals surface area (Å²) in [6.45, 7) is 1.91. The Morgan fingerprint density at radius 3 is 2.89 bits per heavy atom. The van der Waals surface area contributed by atoms with E-state index >= 15 is 0 Å². The molecular formula is C12H11N5O. The summed E-state index contributed by atoms with van der Waals surface area (Å²) in [5, 5.41) is 10.8. The molecule has 0 aliphatic carbocycles. The minimum atomic E-state index is 0.254. The molecule has 3 rings (SSSR count). The maximum Gasteiger partial charge on any atom is 0.232 e. The van der Waals surface area contributed by atoms with E-state index in [4.69, 9.17) is 10.3 Å². The van der Waals surface area contributed by atoms with Gasteiger partial charge >= 0.3 is 0 Å². The lowest BCUT2D eigenvalue weighted by Crippen LogP contribution is -1.90. The van der Waals surface area contributed by atoms with Crippen molar-refractivity contribution in [1.82, 2.24) is 20.3 Å². The highest BCUT2D eigenvalue weighted by atomic mass is 16.5. The van der Waals surface area contributed by atoms with Crippen molar-refractivity contribution in [3.05, 3.63) is 36.3 Å². The van der Waals surface area contributed by atoms with Gasteiger partial charge in [-0.2, -0.15) is 5.10 Å². The van der Waals surface area contributed by atoms with Gasteiger partial charge in [-0.25, -0.2) is 0 Å². The summed E-state index contributed by atoms with van der Waals surface area (Å²) in [7, 11) is 0. The van der Waals surface area contributed by atoms with Crippen LogP contribution in [0.4, 0.5) is 5.88 Å². The zero-order valence-corrected chi connectivity index (χ0v) is 9.71. The van der Waals surface area contributed by atoms with Gasteiger partial charge in [0, 0.05) is 17.5 Å². The van der Waals surface area contributed by atoms with Crippen molar-refractivity contribution in [1.29, 1.82) is 0 Å². The summed E-state index contributed by atoms with van der Waals surface area (Å²) in [5.74, 6) is 0.254.